The van der Waals surface area contributed by atoms with Gasteiger partial charge < -0.3 is 10.6 Å². The predicted octanol–water partition coefficient (Wildman–Crippen LogP) is 3.55. The highest BCUT2D eigenvalue weighted by Gasteiger charge is 2.32. The number of hydrogen-bond donors (Lipinski definition) is 2. The molecule has 0 saturated carbocycles. The van der Waals surface area contributed by atoms with Crippen molar-refractivity contribution in [2.45, 2.75) is 25.5 Å². The standard InChI is InChI=1S/C19H19N3O2S/c1-12-3-7-14(8-4-12)20-17(23)11-16-18(24)22-19(25-16)21-15-9-5-13(2)6-10-15/h3-10,16H,11H2,1-2H3,(H,20,23)(H,21,22,24). The summed E-state index contributed by atoms with van der Waals surface area (Å²) in [5.74, 6) is -0.372. The Morgan fingerprint density at radius 2 is 1.68 bits per heavy atom. The van der Waals surface area contributed by atoms with Crippen molar-refractivity contribution in [1.29, 1.82) is 0 Å². The summed E-state index contributed by atoms with van der Waals surface area (Å²) in [6, 6.07) is 15.3. The molecule has 2 aromatic rings. The van der Waals surface area contributed by atoms with Crippen LogP contribution in [0, 0.1) is 13.8 Å². The molecule has 3 rings (SSSR count). The molecule has 1 saturated heterocycles. The van der Waals surface area contributed by atoms with Gasteiger partial charge in [0.2, 0.25) is 11.8 Å². The Morgan fingerprint density at radius 1 is 1.08 bits per heavy atom. The molecule has 1 aliphatic heterocycles. The van der Waals surface area contributed by atoms with Crippen molar-refractivity contribution in [3.8, 4) is 0 Å². The highest BCUT2D eigenvalue weighted by Crippen LogP contribution is 2.25. The van der Waals surface area contributed by atoms with E-state index in [9.17, 15) is 9.59 Å². The van der Waals surface area contributed by atoms with E-state index in [2.05, 4.69) is 15.6 Å². The lowest BCUT2D eigenvalue weighted by molar-refractivity contribution is -0.122. The molecule has 1 fully saturated rings. The number of carbonyl (C=O) groups excluding carboxylic acids is 2. The molecule has 25 heavy (non-hydrogen) atoms. The van der Waals surface area contributed by atoms with E-state index in [0.717, 1.165) is 22.5 Å². The van der Waals surface area contributed by atoms with Crippen LogP contribution in [0.1, 0.15) is 17.5 Å². The molecule has 2 amide bonds. The third kappa shape index (κ3) is 4.70. The monoisotopic (exact) mass is 353 g/mol. The summed E-state index contributed by atoms with van der Waals surface area (Å²) >= 11 is 1.29. The maximum absolute atomic E-state index is 12.2. The number of hydrogen-bond acceptors (Lipinski definition) is 4. The lowest BCUT2D eigenvalue weighted by Crippen LogP contribution is -2.28. The molecule has 0 radical (unpaired) electrons. The summed E-state index contributed by atoms with van der Waals surface area (Å²) in [4.78, 5) is 28.6. The van der Waals surface area contributed by atoms with Crippen molar-refractivity contribution in [1.82, 2.24) is 5.32 Å². The zero-order chi connectivity index (χ0) is 17.8. The Kier molecular flexibility index (Phi) is 5.19. The van der Waals surface area contributed by atoms with Crippen LogP contribution < -0.4 is 10.6 Å². The van der Waals surface area contributed by atoms with Gasteiger partial charge in [0.05, 0.1) is 5.69 Å². The number of amides is 2. The van der Waals surface area contributed by atoms with Gasteiger partial charge in [0, 0.05) is 12.1 Å². The fourth-order valence-electron chi connectivity index (χ4n) is 2.35. The summed E-state index contributed by atoms with van der Waals surface area (Å²) < 4.78 is 0. The molecule has 1 unspecified atom stereocenters. The molecule has 2 N–H and O–H groups in total. The average molecular weight is 353 g/mol. The molecule has 1 atom stereocenters. The highest BCUT2D eigenvalue weighted by atomic mass is 32.2. The first-order valence-electron chi connectivity index (χ1n) is 7.99. The third-order valence-corrected chi connectivity index (χ3v) is 4.83. The smallest absolute Gasteiger partial charge is 0.240 e. The van der Waals surface area contributed by atoms with Crippen molar-refractivity contribution in [3.05, 3.63) is 59.7 Å². The van der Waals surface area contributed by atoms with Crippen LogP contribution in [-0.2, 0) is 9.59 Å². The van der Waals surface area contributed by atoms with Gasteiger partial charge in [-0.15, -0.1) is 0 Å². The molecule has 0 bridgehead atoms. The fourth-order valence-corrected chi connectivity index (χ4v) is 3.33. The van der Waals surface area contributed by atoms with Crippen LogP contribution >= 0.6 is 11.8 Å². The number of aliphatic imine (C=N–C) groups is 1. The Bertz CT molecular complexity index is 814. The number of amidine groups is 1. The van der Waals surface area contributed by atoms with Gasteiger partial charge in [0.15, 0.2) is 5.17 Å². The zero-order valence-corrected chi connectivity index (χ0v) is 14.9. The van der Waals surface area contributed by atoms with Gasteiger partial charge in [-0.25, -0.2) is 4.99 Å². The second-order valence-corrected chi connectivity index (χ2v) is 7.16. The van der Waals surface area contributed by atoms with E-state index in [1.807, 2.05) is 62.4 Å². The second kappa shape index (κ2) is 7.53. The van der Waals surface area contributed by atoms with E-state index in [1.54, 1.807) is 0 Å². The van der Waals surface area contributed by atoms with Crippen LogP contribution in [0.4, 0.5) is 11.4 Å². The van der Waals surface area contributed by atoms with Crippen molar-refractivity contribution < 1.29 is 9.59 Å². The SMILES string of the molecule is Cc1ccc(/N=C2/NC(=O)C(CC(=O)Nc3ccc(C)cc3)S2)cc1. The number of nitrogens with one attached hydrogen (secondary N) is 2. The van der Waals surface area contributed by atoms with Gasteiger partial charge in [-0.3, -0.25) is 9.59 Å². The first kappa shape index (κ1) is 17.2. The molecule has 2 aromatic carbocycles. The van der Waals surface area contributed by atoms with E-state index in [1.165, 1.54) is 11.8 Å². The minimum atomic E-state index is -0.463. The highest BCUT2D eigenvalue weighted by molar-refractivity contribution is 8.15. The van der Waals surface area contributed by atoms with Crippen molar-refractivity contribution in [2.24, 2.45) is 4.99 Å². The minimum Gasteiger partial charge on any atom is -0.326 e. The van der Waals surface area contributed by atoms with Crippen molar-refractivity contribution in [2.75, 3.05) is 5.32 Å². The molecule has 1 heterocycles. The quantitative estimate of drug-likeness (QED) is 0.883. The minimum absolute atomic E-state index is 0.108. The number of thioether (sulfide) groups is 1. The van der Waals surface area contributed by atoms with E-state index < -0.39 is 5.25 Å². The summed E-state index contributed by atoms with van der Waals surface area (Å²) in [5, 5.41) is 5.62. The maximum Gasteiger partial charge on any atom is 0.240 e. The van der Waals surface area contributed by atoms with Crippen LogP contribution in [0.3, 0.4) is 0 Å². The fraction of sp³-hybridized carbons (Fsp3) is 0.211. The molecule has 1 aliphatic rings. The van der Waals surface area contributed by atoms with Crippen LogP contribution in [-0.4, -0.2) is 22.2 Å². The summed E-state index contributed by atoms with van der Waals surface area (Å²) in [5.41, 5.74) is 3.78. The van der Waals surface area contributed by atoms with Crippen LogP contribution in [0.25, 0.3) is 0 Å². The number of nitrogens with zero attached hydrogens (tertiary/aromatic N) is 1. The van der Waals surface area contributed by atoms with Crippen LogP contribution in [0.5, 0.6) is 0 Å². The van der Waals surface area contributed by atoms with Gasteiger partial charge in [-0.05, 0) is 38.1 Å². The van der Waals surface area contributed by atoms with Gasteiger partial charge in [0.25, 0.3) is 0 Å². The summed E-state index contributed by atoms with van der Waals surface area (Å²) in [7, 11) is 0. The first-order chi connectivity index (χ1) is 12.0. The van der Waals surface area contributed by atoms with Gasteiger partial charge in [0.1, 0.15) is 5.25 Å². The van der Waals surface area contributed by atoms with Crippen molar-refractivity contribution >= 4 is 40.1 Å². The van der Waals surface area contributed by atoms with E-state index >= 15 is 0 Å². The Hall–Kier alpha value is -2.60. The Balaban J connectivity index is 1.59. The number of aryl methyl sites for hydroxylation is 2. The number of rotatable bonds is 4. The molecule has 6 heteroatoms. The number of benzene rings is 2. The van der Waals surface area contributed by atoms with Gasteiger partial charge >= 0.3 is 0 Å². The number of anilines is 1. The van der Waals surface area contributed by atoms with E-state index in [4.69, 9.17) is 0 Å². The van der Waals surface area contributed by atoms with Crippen LogP contribution in [0.2, 0.25) is 0 Å². The first-order valence-corrected chi connectivity index (χ1v) is 8.87. The number of carbonyl (C=O) groups is 2. The summed E-state index contributed by atoms with van der Waals surface area (Å²) in [6.07, 6.45) is 0.108. The predicted molar refractivity (Wildman–Crippen MR) is 102 cm³/mol. The second-order valence-electron chi connectivity index (χ2n) is 5.97. The lowest BCUT2D eigenvalue weighted by atomic mass is 10.2. The molecule has 5 nitrogen and oxygen atoms in total. The lowest BCUT2D eigenvalue weighted by Gasteiger charge is -2.07. The van der Waals surface area contributed by atoms with E-state index in [-0.39, 0.29) is 18.2 Å². The topological polar surface area (TPSA) is 70.6 Å². The van der Waals surface area contributed by atoms with Crippen LogP contribution in [0.15, 0.2) is 53.5 Å². The van der Waals surface area contributed by atoms with Gasteiger partial charge in [-0.2, -0.15) is 0 Å². The average Bonchev–Trinajstić information content (AvgIpc) is 2.91. The molecule has 0 spiro atoms. The Morgan fingerprint density at radius 3 is 2.32 bits per heavy atom. The molecular weight excluding hydrogens is 334 g/mol. The third-order valence-electron chi connectivity index (χ3n) is 3.75. The maximum atomic E-state index is 12.2. The molecule has 0 aromatic heterocycles. The molecular formula is C19H19N3O2S. The van der Waals surface area contributed by atoms with E-state index in [0.29, 0.717) is 5.17 Å². The molecule has 0 aliphatic carbocycles. The molecule has 128 valence electrons. The Labute approximate surface area is 150 Å². The van der Waals surface area contributed by atoms with Gasteiger partial charge in [-0.1, -0.05) is 47.2 Å². The normalized spacial score (nSPS) is 18.2. The largest absolute Gasteiger partial charge is 0.326 e. The summed E-state index contributed by atoms with van der Waals surface area (Å²) in [6.45, 7) is 3.99. The van der Waals surface area contributed by atoms with Crippen molar-refractivity contribution in [3.63, 3.8) is 0 Å². The zero-order valence-electron chi connectivity index (χ0n) is 14.1.